The molecule has 1 fully saturated rings. The summed E-state index contributed by atoms with van der Waals surface area (Å²) in [6, 6.07) is 11.4. The molecule has 0 atom stereocenters. The molecule has 35 heavy (non-hydrogen) atoms. The second-order valence-corrected chi connectivity index (χ2v) is 10.7. The summed E-state index contributed by atoms with van der Waals surface area (Å²) in [6.45, 7) is 2.27. The van der Waals surface area contributed by atoms with E-state index in [4.69, 9.17) is 4.74 Å². The maximum Gasteiger partial charge on any atom is 0.270 e. The van der Waals surface area contributed by atoms with E-state index >= 15 is 0 Å². The van der Waals surface area contributed by atoms with Crippen LogP contribution in [0.3, 0.4) is 0 Å². The van der Waals surface area contributed by atoms with Crippen molar-refractivity contribution >= 4 is 27.0 Å². The minimum absolute atomic E-state index is 0.0437. The number of benzene rings is 1. The van der Waals surface area contributed by atoms with Crippen LogP contribution < -0.4 is 14.5 Å². The van der Waals surface area contributed by atoms with E-state index in [1.807, 2.05) is 0 Å². The zero-order valence-corrected chi connectivity index (χ0v) is 20.7. The molecule has 0 aliphatic carbocycles. The van der Waals surface area contributed by atoms with Gasteiger partial charge in [-0.05, 0) is 37.1 Å². The van der Waals surface area contributed by atoms with Crippen LogP contribution in [-0.4, -0.2) is 50.9 Å². The Kier molecular flexibility index (Phi) is 6.93. The third kappa shape index (κ3) is 5.53. The first-order chi connectivity index (χ1) is 16.6. The van der Waals surface area contributed by atoms with E-state index in [9.17, 15) is 17.2 Å². The second-order valence-electron chi connectivity index (χ2n) is 8.70. The first kappa shape index (κ1) is 24.8. The predicted molar refractivity (Wildman–Crippen MR) is 132 cm³/mol. The number of ether oxygens (including phenoxy) is 1. The number of pyridine rings is 2. The molecule has 7 nitrogen and oxygen atoms in total. The summed E-state index contributed by atoms with van der Waals surface area (Å²) in [5, 5.41) is 0. The van der Waals surface area contributed by atoms with E-state index < -0.39 is 15.8 Å². The van der Waals surface area contributed by atoms with Gasteiger partial charge in [0.25, 0.3) is 5.92 Å². The molecule has 1 saturated heterocycles. The molecule has 3 aromatic rings. The van der Waals surface area contributed by atoms with Crippen molar-refractivity contribution in [2.75, 3.05) is 36.3 Å². The Bertz CT molecular complexity index is 1260. The Morgan fingerprint density at radius 1 is 1.06 bits per heavy atom. The lowest BCUT2D eigenvalue weighted by Crippen LogP contribution is -2.43. The minimum Gasteiger partial charge on any atom is -0.494 e. The van der Waals surface area contributed by atoms with Crippen molar-refractivity contribution in [3.8, 4) is 5.75 Å². The van der Waals surface area contributed by atoms with Crippen LogP contribution in [0, 0.1) is 0 Å². The maximum absolute atomic E-state index is 13.8. The smallest absolute Gasteiger partial charge is 0.270 e. The molecule has 1 aliphatic rings. The van der Waals surface area contributed by atoms with Crippen LogP contribution >= 0.6 is 0 Å². The number of piperidine rings is 1. The van der Waals surface area contributed by atoms with Gasteiger partial charge in [-0.1, -0.05) is 12.1 Å². The molecule has 0 amide bonds. The fourth-order valence-corrected chi connectivity index (χ4v) is 4.88. The lowest BCUT2D eigenvalue weighted by Gasteiger charge is -2.40. The number of methoxy groups -OCH3 is 1. The normalized spacial score (nSPS) is 15.2. The van der Waals surface area contributed by atoms with Gasteiger partial charge in [0.05, 0.1) is 18.2 Å². The van der Waals surface area contributed by atoms with E-state index in [1.165, 1.54) is 18.3 Å². The van der Waals surface area contributed by atoms with Gasteiger partial charge in [0.2, 0.25) is 0 Å². The second kappa shape index (κ2) is 9.77. The highest BCUT2D eigenvalue weighted by molar-refractivity contribution is 7.90. The Balaban J connectivity index is 1.59. The lowest BCUT2D eigenvalue weighted by atomic mass is 10.0. The Morgan fingerprint density at radius 2 is 1.74 bits per heavy atom. The molecule has 2 aromatic heterocycles. The maximum atomic E-state index is 13.8. The Morgan fingerprint density at radius 3 is 2.29 bits per heavy atom. The van der Waals surface area contributed by atoms with E-state index in [0.717, 1.165) is 43.2 Å². The van der Waals surface area contributed by atoms with Crippen LogP contribution in [0.15, 0.2) is 66.0 Å². The molecule has 0 radical (unpaired) electrons. The summed E-state index contributed by atoms with van der Waals surface area (Å²) in [6.07, 6.45) is 7.44. The van der Waals surface area contributed by atoms with E-state index in [1.54, 1.807) is 49.8 Å². The molecular weight excluding hydrogens is 474 g/mol. The summed E-state index contributed by atoms with van der Waals surface area (Å²) in [4.78, 5) is 13.0. The van der Waals surface area contributed by atoms with Crippen LogP contribution in [0.5, 0.6) is 5.75 Å². The molecule has 1 aliphatic heterocycles. The number of aromatic nitrogens is 2. The van der Waals surface area contributed by atoms with Gasteiger partial charge in [0, 0.05) is 62.0 Å². The van der Waals surface area contributed by atoms with Gasteiger partial charge in [-0.25, -0.2) is 22.2 Å². The molecule has 4 rings (SSSR count). The van der Waals surface area contributed by atoms with Crippen LogP contribution in [0.1, 0.15) is 25.3 Å². The highest BCUT2D eigenvalue weighted by atomic mass is 32.2. The summed E-state index contributed by atoms with van der Waals surface area (Å²) in [5.74, 6) is -1.55. The van der Waals surface area contributed by atoms with Gasteiger partial charge in [-0.15, -0.1) is 0 Å². The molecular formula is C25H28F2N4O3S. The molecule has 0 bridgehead atoms. The molecule has 0 N–H and O–H groups in total. The lowest BCUT2D eigenvalue weighted by molar-refractivity contribution is 0.0175. The van der Waals surface area contributed by atoms with Gasteiger partial charge >= 0.3 is 0 Å². The van der Waals surface area contributed by atoms with E-state index in [2.05, 4.69) is 19.8 Å². The van der Waals surface area contributed by atoms with Crippen molar-refractivity contribution < 1.29 is 21.9 Å². The first-order valence-corrected chi connectivity index (χ1v) is 13.1. The highest BCUT2D eigenvalue weighted by Gasteiger charge is 2.30. The average molecular weight is 503 g/mol. The SMILES string of the molecule is COc1ccncc1N(c1ccc(C(C)(F)F)cc1)C1CCN(c2ccc(S(C)(=O)=O)cn2)CC1. The number of nitrogens with zero attached hydrogens (tertiary/aromatic N) is 4. The average Bonchev–Trinajstić information content (AvgIpc) is 2.84. The minimum atomic E-state index is -3.30. The van der Waals surface area contributed by atoms with Gasteiger partial charge in [-0.2, -0.15) is 0 Å². The number of hydrogen-bond acceptors (Lipinski definition) is 7. The van der Waals surface area contributed by atoms with E-state index in [0.29, 0.717) is 18.8 Å². The number of rotatable bonds is 7. The molecule has 0 saturated carbocycles. The Labute approximate surface area is 204 Å². The number of anilines is 3. The summed E-state index contributed by atoms with van der Waals surface area (Å²) >= 11 is 0. The fourth-order valence-electron chi connectivity index (χ4n) is 4.32. The van der Waals surface area contributed by atoms with Gasteiger partial charge < -0.3 is 14.5 Å². The van der Waals surface area contributed by atoms with Crippen molar-refractivity contribution in [1.29, 1.82) is 0 Å². The zero-order chi connectivity index (χ0) is 25.2. The first-order valence-electron chi connectivity index (χ1n) is 11.2. The van der Waals surface area contributed by atoms with Crippen molar-refractivity contribution in [1.82, 2.24) is 9.97 Å². The van der Waals surface area contributed by atoms with Crippen LogP contribution in [0.2, 0.25) is 0 Å². The van der Waals surface area contributed by atoms with Crippen LogP contribution in [0.4, 0.5) is 26.0 Å². The van der Waals surface area contributed by atoms with Crippen molar-refractivity contribution in [3.05, 3.63) is 66.6 Å². The topological polar surface area (TPSA) is 75.6 Å². The zero-order valence-electron chi connectivity index (χ0n) is 19.9. The van der Waals surface area contributed by atoms with Crippen LogP contribution in [-0.2, 0) is 15.8 Å². The van der Waals surface area contributed by atoms with Crippen molar-refractivity contribution in [2.45, 2.75) is 36.6 Å². The largest absolute Gasteiger partial charge is 0.494 e. The van der Waals surface area contributed by atoms with Crippen molar-refractivity contribution in [2.24, 2.45) is 0 Å². The summed E-state index contributed by atoms with van der Waals surface area (Å²) < 4.78 is 56.6. The summed E-state index contributed by atoms with van der Waals surface area (Å²) in [5.41, 5.74) is 1.50. The number of sulfone groups is 1. The third-order valence-corrected chi connectivity index (χ3v) is 7.29. The number of hydrogen-bond donors (Lipinski definition) is 0. The van der Waals surface area contributed by atoms with Crippen molar-refractivity contribution in [3.63, 3.8) is 0 Å². The molecule has 186 valence electrons. The quantitative estimate of drug-likeness (QED) is 0.459. The standard InChI is InChI=1S/C25H28F2N4O3S/c1-25(26,27)18-4-6-19(7-5-18)31(22-17-28-13-10-23(22)34-2)20-11-14-30(15-12-20)24-9-8-21(16-29-24)35(3,32)33/h4-10,13,16-17,20H,11-12,14-15H2,1-3H3. The van der Waals surface area contributed by atoms with Gasteiger partial charge in [0.15, 0.2) is 9.84 Å². The highest BCUT2D eigenvalue weighted by Crippen LogP contribution is 2.39. The fraction of sp³-hybridized carbons (Fsp3) is 0.360. The summed E-state index contributed by atoms with van der Waals surface area (Å²) in [7, 11) is -1.71. The molecule has 0 spiro atoms. The molecule has 1 aromatic carbocycles. The number of alkyl halides is 2. The van der Waals surface area contributed by atoms with Gasteiger partial charge in [0.1, 0.15) is 17.3 Å². The van der Waals surface area contributed by atoms with Crippen LogP contribution in [0.25, 0.3) is 0 Å². The third-order valence-electron chi connectivity index (χ3n) is 6.20. The monoisotopic (exact) mass is 502 g/mol. The van der Waals surface area contributed by atoms with Gasteiger partial charge in [-0.3, -0.25) is 4.98 Å². The van der Waals surface area contributed by atoms with E-state index in [-0.39, 0.29) is 16.5 Å². The number of halogens is 2. The molecule has 10 heteroatoms. The molecule has 3 heterocycles. The molecule has 0 unspecified atom stereocenters. The Hall–Kier alpha value is -3.27. The predicted octanol–water partition coefficient (Wildman–Crippen LogP) is 4.81.